The number of carbonyl (C=O) groups excluding carboxylic acids is 1. The number of hydrogen-bond donors (Lipinski definition) is 3. The first-order valence-electron chi connectivity index (χ1n) is 13.2. The first-order chi connectivity index (χ1) is 18.8. The van der Waals surface area contributed by atoms with Crippen LogP contribution < -0.4 is 19.5 Å². The number of pyridine rings is 1. The Morgan fingerprint density at radius 2 is 2.03 bits per heavy atom. The molecule has 8 nitrogen and oxygen atoms in total. The maximum Gasteiger partial charge on any atom is 0.251 e. The number of nitrogens with one attached hydrogen (secondary N) is 1. The fourth-order valence-corrected chi connectivity index (χ4v) is 4.98. The number of amides is 1. The van der Waals surface area contributed by atoms with E-state index in [9.17, 15) is 14.3 Å². The van der Waals surface area contributed by atoms with Crippen LogP contribution in [-0.4, -0.2) is 54.6 Å². The number of methoxy groups -OCH3 is 1. The van der Waals surface area contributed by atoms with Crippen LogP contribution in [-0.2, 0) is 12.0 Å². The van der Waals surface area contributed by atoms with Crippen molar-refractivity contribution in [2.75, 3.05) is 33.5 Å². The molecule has 1 unspecified atom stereocenters. The maximum absolute atomic E-state index is 14.0. The summed E-state index contributed by atoms with van der Waals surface area (Å²) in [5.41, 5.74) is 2.15. The van der Waals surface area contributed by atoms with Gasteiger partial charge in [0.05, 0.1) is 32.6 Å². The second-order valence-electron chi connectivity index (χ2n) is 10.1. The van der Waals surface area contributed by atoms with Crippen molar-refractivity contribution in [3.8, 4) is 28.5 Å². The number of hydrogen-bond acceptors (Lipinski definition) is 7. The first kappa shape index (κ1) is 26.9. The van der Waals surface area contributed by atoms with Crippen LogP contribution in [0.3, 0.4) is 0 Å². The molecule has 2 aliphatic rings. The average molecular weight is 537 g/mol. The van der Waals surface area contributed by atoms with Gasteiger partial charge in [0.1, 0.15) is 29.5 Å². The normalized spacial score (nSPS) is 16.0. The number of rotatable bonds is 10. The highest BCUT2D eigenvalue weighted by Gasteiger charge is 2.47. The van der Waals surface area contributed by atoms with Crippen molar-refractivity contribution < 1.29 is 33.6 Å². The highest BCUT2D eigenvalue weighted by atomic mass is 19.1. The van der Waals surface area contributed by atoms with Crippen LogP contribution in [0.1, 0.15) is 46.4 Å². The monoisotopic (exact) mass is 536 g/mol. The summed E-state index contributed by atoms with van der Waals surface area (Å²) in [6.45, 7) is 2.20. The van der Waals surface area contributed by atoms with Gasteiger partial charge in [-0.2, -0.15) is 0 Å². The van der Waals surface area contributed by atoms with E-state index in [1.54, 1.807) is 37.3 Å². The smallest absolute Gasteiger partial charge is 0.251 e. The molecule has 0 saturated heterocycles. The number of aryl methyl sites for hydroxylation is 2. The Morgan fingerprint density at radius 3 is 2.74 bits per heavy atom. The summed E-state index contributed by atoms with van der Waals surface area (Å²) in [7, 11) is 1.47. The number of benzene rings is 2. The Hall–Kier alpha value is -3.69. The standard InChI is InChI=1S/C30H33FN2O6/c1-18-14-19(5-9-23(18)31)27-28-20(4-3-12-39-28)16-26(33-27)30(36,22-7-8-22)17-32-29(35)21-6-10-24(38-13-11-34)25(15-21)37-2/h5-6,9-10,14-16,22,34,36H,3-4,7-8,11-13,17H2,1-2H3,(H,32,35). The molecular formula is C30H33FN2O6. The maximum atomic E-state index is 14.0. The van der Waals surface area contributed by atoms with Gasteiger partial charge >= 0.3 is 0 Å². The van der Waals surface area contributed by atoms with Gasteiger partial charge in [-0.05, 0) is 92.1 Å². The van der Waals surface area contributed by atoms with Crippen molar-refractivity contribution in [3.05, 3.63) is 70.7 Å². The Morgan fingerprint density at radius 1 is 1.21 bits per heavy atom. The molecule has 1 aliphatic carbocycles. The quantitative estimate of drug-likeness (QED) is 0.360. The predicted octanol–water partition coefficient (Wildman–Crippen LogP) is 3.93. The van der Waals surface area contributed by atoms with Gasteiger partial charge in [-0.1, -0.05) is 0 Å². The molecule has 39 heavy (non-hydrogen) atoms. The van der Waals surface area contributed by atoms with Crippen molar-refractivity contribution in [1.82, 2.24) is 10.3 Å². The summed E-state index contributed by atoms with van der Waals surface area (Å²) >= 11 is 0. The largest absolute Gasteiger partial charge is 0.493 e. The predicted molar refractivity (Wildman–Crippen MR) is 143 cm³/mol. The molecule has 9 heteroatoms. The van der Waals surface area contributed by atoms with Gasteiger partial charge < -0.3 is 29.7 Å². The van der Waals surface area contributed by atoms with Crippen molar-refractivity contribution in [2.45, 2.75) is 38.2 Å². The SMILES string of the molecule is COc1cc(C(=O)NCC(O)(c2cc3c(c(-c4ccc(F)c(C)c4)n2)OCCC3)C2CC2)ccc1OCCO. The lowest BCUT2D eigenvalue weighted by Crippen LogP contribution is -2.43. The van der Waals surface area contributed by atoms with Crippen LogP contribution in [0.5, 0.6) is 17.2 Å². The van der Waals surface area contributed by atoms with E-state index in [2.05, 4.69) is 5.32 Å². The van der Waals surface area contributed by atoms with Crippen LogP contribution >= 0.6 is 0 Å². The third kappa shape index (κ3) is 5.55. The molecule has 3 N–H and O–H groups in total. The van der Waals surface area contributed by atoms with Crippen LogP contribution in [0.15, 0.2) is 42.5 Å². The molecule has 1 atom stereocenters. The van der Waals surface area contributed by atoms with Crippen LogP contribution in [0.2, 0.25) is 0 Å². The molecule has 1 fully saturated rings. The Bertz CT molecular complexity index is 1380. The Balaban J connectivity index is 1.44. The summed E-state index contributed by atoms with van der Waals surface area (Å²) in [6.07, 6.45) is 3.25. The summed E-state index contributed by atoms with van der Waals surface area (Å²) in [4.78, 5) is 18.0. The van der Waals surface area contributed by atoms with Gasteiger partial charge in [0, 0.05) is 11.1 Å². The highest BCUT2D eigenvalue weighted by molar-refractivity contribution is 5.95. The molecule has 3 aromatic rings. The van der Waals surface area contributed by atoms with E-state index in [0.29, 0.717) is 51.9 Å². The van der Waals surface area contributed by atoms with Gasteiger partial charge in [0.25, 0.3) is 5.91 Å². The molecule has 2 heterocycles. The Labute approximate surface area is 226 Å². The third-order valence-electron chi connectivity index (χ3n) is 7.31. The number of aliphatic hydroxyl groups excluding tert-OH is 1. The van der Waals surface area contributed by atoms with Crippen molar-refractivity contribution in [2.24, 2.45) is 5.92 Å². The van der Waals surface area contributed by atoms with E-state index in [1.807, 2.05) is 6.07 Å². The van der Waals surface area contributed by atoms with E-state index in [-0.39, 0.29) is 37.4 Å². The molecular weight excluding hydrogens is 503 g/mol. The fraction of sp³-hybridized carbons (Fsp3) is 0.400. The molecule has 1 aromatic heterocycles. The zero-order valence-electron chi connectivity index (χ0n) is 22.1. The summed E-state index contributed by atoms with van der Waals surface area (Å²) in [5, 5.41) is 23.9. The second-order valence-corrected chi connectivity index (χ2v) is 10.1. The van der Waals surface area contributed by atoms with Gasteiger partial charge in [-0.3, -0.25) is 4.79 Å². The highest BCUT2D eigenvalue weighted by Crippen LogP contribution is 2.47. The van der Waals surface area contributed by atoms with E-state index in [4.69, 9.17) is 24.3 Å². The number of fused-ring (bicyclic) bond motifs is 1. The molecule has 206 valence electrons. The summed E-state index contributed by atoms with van der Waals surface area (Å²) < 4.78 is 30.8. The zero-order chi connectivity index (χ0) is 27.6. The lowest BCUT2D eigenvalue weighted by molar-refractivity contribution is 0.00938. The molecule has 1 aliphatic heterocycles. The Kier molecular flexibility index (Phi) is 7.72. The van der Waals surface area contributed by atoms with E-state index in [0.717, 1.165) is 31.2 Å². The van der Waals surface area contributed by atoms with Crippen LogP contribution in [0.4, 0.5) is 4.39 Å². The van der Waals surface area contributed by atoms with Crippen LogP contribution in [0.25, 0.3) is 11.3 Å². The lowest BCUT2D eigenvalue weighted by atomic mass is 9.89. The minimum absolute atomic E-state index is 0.0316. The fourth-order valence-electron chi connectivity index (χ4n) is 4.98. The van der Waals surface area contributed by atoms with Crippen molar-refractivity contribution >= 4 is 5.91 Å². The minimum Gasteiger partial charge on any atom is -0.493 e. The number of carbonyl (C=O) groups is 1. The average Bonchev–Trinajstić information content (AvgIpc) is 3.82. The van der Waals surface area contributed by atoms with Gasteiger partial charge in [0.2, 0.25) is 0 Å². The topological polar surface area (TPSA) is 110 Å². The lowest BCUT2D eigenvalue weighted by Gasteiger charge is -2.31. The number of nitrogens with zero attached hydrogens (tertiary/aromatic N) is 1. The molecule has 1 saturated carbocycles. The molecule has 0 bridgehead atoms. The number of ether oxygens (including phenoxy) is 3. The number of aromatic nitrogens is 1. The van der Waals surface area contributed by atoms with E-state index in [1.165, 1.54) is 13.2 Å². The molecule has 1 amide bonds. The number of halogens is 1. The second kappa shape index (κ2) is 11.2. The van der Waals surface area contributed by atoms with Gasteiger partial charge in [-0.15, -0.1) is 0 Å². The van der Waals surface area contributed by atoms with Crippen molar-refractivity contribution in [3.63, 3.8) is 0 Å². The van der Waals surface area contributed by atoms with Crippen LogP contribution in [0, 0.1) is 18.7 Å². The van der Waals surface area contributed by atoms with E-state index < -0.39 is 5.60 Å². The molecule has 0 radical (unpaired) electrons. The van der Waals surface area contributed by atoms with E-state index >= 15 is 0 Å². The number of aliphatic hydroxyl groups is 2. The summed E-state index contributed by atoms with van der Waals surface area (Å²) in [5.74, 6) is 0.710. The zero-order valence-corrected chi connectivity index (χ0v) is 22.1. The third-order valence-corrected chi connectivity index (χ3v) is 7.31. The van der Waals surface area contributed by atoms with Crippen molar-refractivity contribution in [1.29, 1.82) is 0 Å². The molecule has 2 aromatic carbocycles. The van der Waals surface area contributed by atoms with Gasteiger partial charge in [0.15, 0.2) is 11.5 Å². The minimum atomic E-state index is -1.39. The molecule has 5 rings (SSSR count). The first-order valence-corrected chi connectivity index (χ1v) is 13.2. The molecule has 0 spiro atoms. The van der Waals surface area contributed by atoms with Gasteiger partial charge in [-0.25, -0.2) is 9.37 Å². The summed E-state index contributed by atoms with van der Waals surface area (Å²) in [6, 6.07) is 11.5.